The Bertz CT molecular complexity index is 847. The predicted molar refractivity (Wildman–Crippen MR) is 109 cm³/mol. The van der Waals surface area contributed by atoms with E-state index >= 15 is 0 Å². The lowest BCUT2D eigenvalue weighted by Crippen LogP contribution is -2.36. The van der Waals surface area contributed by atoms with E-state index in [-0.39, 0.29) is 30.1 Å². The summed E-state index contributed by atoms with van der Waals surface area (Å²) in [6, 6.07) is 11.7. The van der Waals surface area contributed by atoms with Gasteiger partial charge in [0, 0.05) is 17.3 Å². The highest BCUT2D eigenvalue weighted by Crippen LogP contribution is 2.20. The van der Waals surface area contributed by atoms with E-state index in [9.17, 15) is 14.0 Å². The van der Waals surface area contributed by atoms with Gasteiger partial charge in [0.1, 0.15) is 5.82 Å². The Balaban J connectivity index is 1.54. The fourth-order valence-corrected chi connectivity index (χ4v) is 3.45. The standard InChI is InChI=1S/C22H26FN3O2/c1-15-13-16(22(28)25-17-7-3-2-4-8-17)11-12-19(15)24-14-21(27)26-20-10-6-5-9-18(20)23/h5-6,9-13,17,24H,2-4,7-8,14H2,1H3,(H,25,28)(H,26,27). The molecular formula is C22H26FN3O2. The number of para-hydroxylation sites is 1. The van der Waals surface area contributed by atoms with Crippen LogP contribution in [0.1, 0.15) is 48.0 Å². The average Bonchev–Trinajstić information content (AvgIpc) is 2.69. The van der Waals surface area contributed by atoms with Crippen LogP contribution >= 0.6 is 0 Å². The number of carbonyl (C=O) groups is 2. The normalized spacial score (nSPS) is 14.4. The maximum Gasteiger partial charge on any atom is 0.251 e. The molecular weight excluding hydrogens is 357 g/mol. The van der Waals surface area contributed by atoms with Crippen LogP contribution < -0.4 is 16.0 Å². The van der Waals surface area contributed by atoms with E-state index in [0.29, 0.717) is 5.56 Å². The van der Waals surface area contributed by atoms with Crippen LogP contribution in [0.5, 0.6) is 0 Å². The molecule has 1 aliphatic rings. The first-order valence-corrected chi connectivity index (χ1v) is 9.72. The molecule has 1 aliphatic carbocycles. The Kier molecular flexibility index (Phi) is 6.63. The number of nitrogens with one attached hydrogen (secondary N) is 3. The van der Waals surface area contributed by atoms with Gasteiger partial charge in [-0.25, -0.2) is 4.39 Å². The molecule has 3 N–H and O–H groups in total. The molecule has 1 saturated carbocycles. The summed E-state index contributed by atoms with van der Waals surface area (Å²) in [6.45, 7) is 1.89. The van der Waals surface area contributed by atoms with Crippen LogP contribution in [0.25, 0.3) is 0 Å². The molecule has 0 aliphatic heterocycles. The quantitative estimate of drug-likeness (QED) is 0.698. The lowest BCUT2D eigenvalue weighted by Gasteiger charge is -2.23. The molecule has 5 nitrogen and oxygen atoms in total. The molecule has 0 spiro atoms. The zero-order valence-electron chi connectivity index (χ0n) is 16.1. The van der Waals surface area contributed by atoms with Crippen molar-refractivity contribution >= 4 is 23.2 Å². The molecule has 0 atom stereocenters. The van der Waals surface area contributed by atoms with Gasteiger partial charge in [-0.3, -0.25) is 9.59 Å². The molecule has 0 unspecified atom stereocenters. The van der Waals surface area contributed by atoms with Crippen molar-refractivity contribution in [3.8, 4) is 0 Å². The van der Waals surface area contributed by atoms with E-state index < -0.39 is 5.82 Å². The molecule has 2 aromatic carbocycles. The van der Waals surface area contributed by atoms with Crippen LogP contribution in [-0.2, 0) is 4.79 Å². The van der Waals surface area contributed by atoms with E-state index in [4.69, 9.17) is 0 Å². The van der Waals surface area contributed by atoms with Crippen molar-refractivity contribution in [2.75, 3.05) is 17.2 Å². The Morgan fingerprint density at radius 1 is 1.04 bits per heavy atom. The lowest BCUT2D eigenvalue weighted by molar-refractivity contribution is -0.114. The second kappa shape index (κ2) is 9.35. The Hall–Kier alpha value is -2.89. The van der Waals surface area contributed by atoms with Crippen LogP contribution in [-0.4, -0.2) is 24.4 Å². The molecule has 148 valence electrons. The summed E-state index contributed by atoms with van der Waals surface area (Å²) in [6.07, 6.45) is 5.67. The first-order valence-electron chi connectivity index (χ1n) is 9.72. The van der Waals surface area contributed by atoms with Gasteiger partial charge < -0.3 is 16.0 Å². The van der Waals surface area contributed by atoms with Gasteiger partial charge in [0.25, 0.3) is 5.91 Å². The third-order valence-electron chi connectivity index (χ3n) is 5.02. The van der Waals surface area contributed by atoms with Crippen molar-refractivity contribution in [3.63, 3.8) is 0 Å². The average molecular weight is 383 g/mol. The monoisotopic (exact) mass is 383 g/mol. The van der Waals surface area contributed by atoms with Crippen LogP contribution in [0.4, 0.5) is 15.8 Å². The highest BCUT2D eigenvalue weighted by molar-refractivity contribution is 5.96. The lowest BCUT2D eigenvalue weighted by atomic mass is 9.95. The molecule has 28 heavy (non-hydrogen) atoms. The fourth-order valence-electron chi connectivity index (χ4n) is 3.45. The zero-order valence-corrected chi connectivity index (χ0v) is 16.1. The van der Waals surface area contributed by atoms with Gasteiger partial charge in [-0.05, 0) is 55.7 Å². The SMILES string of the molecule is Cc1cc(C(=O)NC2CCCCC2)ccc1NCC(=O)Nc1ccccc1F. The molecule has 0 aromatic heterocycles. The third kappa shape index (κ3) is 5.31. The van der Waals surface area contributed by atoms with Crippen LogP contribution in [0.3, 0.4) is 0 Å². The van der Waals surface area contributed by atoms with Crippen LogP contribution in [0.15, 0.2) is 42.5 Å². The Labute approximate surface area is 164 Å². The van der Waals surface area contributed by atoms with Crippen molar-refractivity contribution < 1.29 is 14.0 Å². The van der Waals surface area contributed by atoms with E-state index in [0.717, 1.165) is 24.1 Å². The van der Waals surface area contributed by atoms with Crippen molar-refractivity contribution in [1.82, 2.24) is 5.32 Å². The minimum absolute atomic E-state index is 0.00277. The van der Waals surface area contributed by atoms with E-state index in [2.05, 4.69) is 16.0 Å². The molecule has 0 bridgehead atoms. The van der Waals surface area contributed by atoms with E-state index in [1.807, 2.05) is 13.0 Å². The minimum Gasteiger partial charge on any atom is -0.376 e. The van der Waals surface area contributed by atoms with E-state index in [1.54, 1.807) is 24.3 Å². The highest BCUT2D eigenvalue weighted by Gasteiger charge is 2.17. The number of hydrogen-bond acceptors (Lipinski definition) is 3. The maximum absolute atomic E-state index is 13.6. The van der Waals surface area contributed by atoms with E-state index in [1.165, 1.54) is 31.4 Å². The first-order chi connectivity index (χ1) is 13.5. The number of halogens is 1. The van der Waals surface area contributed by atoms with Crippen molar-refractivity contribution in [2.45, 2.75) is 45.1 Å². The summed E-state index contributed by atoms with van der Waals surface area (Å²) >= 11 is 0. The first kappa shape index (κ1) is 19.9. The van der Waals surface area contributed by atoms with Crippen molar-refractivity contribution in [1.29, 1.82) is 0 Å². The topological polar surface area (TPSA) is 70.2 Å². The van der Waals surface area contributed by atoms with Crippen molar-refractivity contribution in [2.24, 2.45) is 0 Å². The number of benzene rings is 2. The molecule has 2 amide bonds. The van der Waals surface area contributed by atoms with Gasteiger partial charge in [-0.1, -0.05) is 31.4 Å². The second-order valence-corrected chi connectivity index (χ2v) is 7.22. The Morgan fingerprint density at radius 3 is 2.50 bits per heavy atom. The van der Waals surface area contributed by atoms with Crippen LogP contribution in [0, 0.1) is 12.7 Å². The van der Waals surface area contributed by atoms with Crippen molar-refractivity contribution in [3.05, 3.63) is 59.4 Å². The summed E-state index contributed by atoms with van der Waals surface area (Å²) in [4.78, 5) is 24.5. The highest BCUT2D eigenvalue weighted by atomic mass is 19.1. The number of anilines is 2. The summed E-state index contributed by atoms with van der Waals surface area (Å²) in [5.74, 6) is -0.872. The number of aryl methyl sites for hydroxylation is 1. The second-order valence-electron chi connectivity index (χ2n) is 7.22. The smallest absolute Gasteiger partial charge is 0.251 e. The summed E-state index contributed by atoms with van der Waals surface area (Å²) < 4.78 is 13.6. The number of rotatable bonds is 6. The van der Waals surface area contributed by atoms with Gasteiger partial charge in [0.2, 0.25) is 5.91 Å². The number of carbonyl (C=O) groups excluding carboxylic acids is 2. The molecule has 6 heteroatoms. The number of hydrogen-bond donors (Lipinski definition) is 3. The predicted octanol–water partition coefficient (Wildman–Crippen LogP) is 4.25. The summed E-state index contributed by atoms with van der Waals surface area (Å²) in [7, 11) is 0. The maximum atomic E-state index is 13.6. The molecule has 1 fully saturated rings. The molecule has 3 rings (SSSR count). The molecule has 0 heterocycles. The molecule has 0 radical (unpaired) electrons. The number of amides is 2. The van der Waals surface area contributed by atoms with Gasteiger partial charge in [-0.15, -0.1) is 0 Å². The summed E-state index contributed by atoms with van der Waals surface area (Å²) in [5, 5.41) is 8.67. The zero-order chi connectivity index (χ0) is 19.9. The van der Waals surface area contributed by atoms with Gasteiger partial charge in [0.15, 0.2) is 0 Å². The van der Waals surface area contributed by atoms with Crippen LogP contribution in [0.2, 0.25) is 0 Å². The van der Waals surface area contributed by atoms with Gasteiger partial charge in [-0.2, -0.15) is 0 Å². The summed E-state index contributed by atoms with van der Waals surface area (Å²) in [5.41, 5.74) is 2.40. The third-order valence-corrected chi connectivity index (χ3v) is 5.02. The molecule has 2 aromatic rings. The van der Waals surface area contributed by atoms with Gasteiger partial charge in [0.05, 0.1) is 12.2 Å². The molecule has 0 saturated heterocycles. The fraction of sp³-hybridized carbons (Fsp3) is 0.364. The minimum atomic E-state index is -0.472. The largest absolute Gasteiger partial charge is 0.376 e. The van der Waals surface area contributed by atoms with Gasteiger partial charge >= 0.3 is 0 Å². The Morgan fingerprint density at radius 2 is 1.79 bits per heavy atom.